The van der Waals surface area contributed by atoms with Crippen molar-refractivity contribution in [2.45, 2.75) is 31.8 Å². The molecule has 4 rings (SSSR count). The first-order chi connectivity index (χ1) is 13.0. The van der Waals surface area contributed by atoms with Gasteiger partial charge >= 0.3 is 6.03 Å². The van der Waals surface area contributed by atoms with Gasteiger partial charge in [0.05, 0.1) is 11.4 Å². The van der Waals surface area contributed by atoms with Gasteiger partial charge in [-0.05, 0) is 55.6 Å². The van der Waals surface area contributed by atoms with Gasteiger partial charge in [0.2, 0.25) is 0 Å². The first-order valence-corrected chi connectivity index (χ1v) is 9.61. The third kappa shape index (κ3) is 3.17. The zero-order valence-corrected chi connectivity index (χ0v) is 16.0. The highest BCUT2D eigenvalue weighted by Gasteiger charge is 2.48. The number of anilines is 1. The number of carbonyl (C=O) groups excluding carboxylic acids is 3. The summed E-state index contributed by atoms with van der Waals surface area (Å²) in [6.07, 6.45) is 0.965. The van der Waals surface area contributed by atoms with E-state index in [0.717, 1.165) is 11.5 Å². The Morgan fingerprint density at radius 1 is 1.30 bits per heavy atom. The molecule has 140 valence electrons. The number of hydrogen-bond donors (Lipinski definition) is 1. The number of aryl methyl sites for hydroxylation is 1. The summed E-state index contributed by atoms with van der Waals surface area (Å²) in [6, 6.07) is 5.48. The number of rotatable bonds is 3. The van der Waals surface area contributed by atoms with Gasteiger partial charge < -0.3 is 10.2 Å². The number of benzene rings is 1. The van der Waals surface area contributed by atoms with Crippen LogP contribution in [0, 0.1) is 6.92 Å². The standard InChI is InChI=1S/C17H16ClN5O3S/c1-9-14(27-21-20-9)15(24)19-11-6-7-22-13(8-11)16(25)23(17(22)26)12-4-2-10(18)3-5-12/h2-5,11,13H,6-8H2,1H3,(H,19,24). The predicted molar refractivity (Wildman–Crippen MR) is 100.0 cm³/mol. The Kier molecular flexibility index (Phi) is 4.56. The van der Waals surface area contributed by atoms with E-state index in [-0.39, 0.29) is 23.9 Å². The summed E-state index contributed by atoms with van der Waals surface area (Å²) in [7, 11) is 0. The number of halogens is 1. The van der Waals surface area contributed by atoms with Crippen LogP contribution in [-0.2, 0) is 4.79 Å². The largest absolute Gasteiger partial charge is 0.348 e. The van der Waals surface area contributed by atoms with Crippen molar-refractivity contribution in [1.82, 2.24) is 19.8 Å². The zero-order chi connectivity index (χ0) is 19.1. The third-order valence-corrected chi connectivity index (χ3v) is 5.90. The molecular formula is C17H16ClN5O3S. The topological polar surface area (TPSA) is 95.5 Å². The summed E-state index contributed by atoms with van der Waals surface area (Å²) in [5, 5.41) is 7.31. The summed E-state index contributed by atoms with van der Waals surface area (Å²) in [5.74, 6) is -0.524. The molecule has 2 aliphatic heterocycles. The van der Waals surface area contributed by atoms with E-state index in [0.29, 0.717) is 40.7 Å². The fourth-order valence-electron chi connectivity index (χ4n) is 3.45. The maximum atomic E-state index is 12.8. The number of hydrogen-bond acceptors (Lipinski definition) is 6. The van der Waals surface area contributed by atoms with Crippen LogP contribution in [0.4, 0.5) is 10.5 Å². The van der Waals surface area contributed by atoms with Crippen LogP contribution in [0.15, 0.2) is 24.3 Å². The molecule has 27 heavy (non-hydrogen) atoms. The van der Waals surface area contributed by atoms with Crippen LogP contribution in [0.2, 0.25) is 5.02 Å². The monoisotopic (exact) mass is 405 g/mol. The number of piperidine rings is 1. The van der Waals surface area contributed by atoms with Gasteiger partial charge in [-0.15, -0.1) is 5.10 Å². The number of fused-ring (bicyclic) bond motifs is 1. The molecule has 0 aliphatic carbocycles. The molecule has 3 heterocycles. The Hall–Kier alpha value is -2.52. The smallest absolute Gasteiger partial charge is 0.332 e. The second-order valence-electron chi connectivity index (χ2n) is 6.52. The van der Waals surface area contributed by atoms with E-state index in [1.165, 1.54) is 4.90 Å². The van der Waals surface area contributed by atoms with Crippen molar-refractivity contribution in [3.05, 3.63) is 39.9 Å². The van der Waals surface area contributed by atoms with Crippen LogP contribution in [0.1, 0.15) is 28.2 Å². The molecule has 0 saturated carbocycles. The fourth-order valence-corrected chi connectivity index (χ4v) is 4.14. The lowest BCUT2D eigenvalue weighted by Gasteiger charge is -2.32. The number of aromatic nitrogens is 2. The van der Waals surface area contributed by atoms with Crippen molar-refractivity contribution in [3.63, 3.8) is 0 Å². The zero-order valence-electron chi connectivity index (χ0n) is 14.4. The van der Waals surface area contributed by atoms with Crippen LogP contribution < -0.4 is 10.2 Å². The van der Waals surface area contributed by atoms with Crippen LogP contribution in [0.3, 0.4) is 0 Å². The Bertz CT molecular complexity index is 916. The minimum atomic E-state index is -0.576. The quantitative estimate of drug-likeness (QED) is 0.790. The number of urea groups is 1. The van der Waals surface area contributed by atoms with Crippen LogP contribution in [0.25, 0.3) is 0 Å². The molecule has 0 spiro atoms. The van der Waals surface area contributed by atoms with Crippen molar-refractivity contribution >= 4 is 46.7 Å². The first-order valence-electron chi connectivity index (χ1n) is 8.45. The lowest BCUT2D eigenvalue weighted by molar-refractivity contribution is -0.120. The molecule has 2 aromatic rings. The van der Waals surface area contributed by atoms with Crippen molar-refractivity contribution in [2.24, 2.45) is 0 Å². The highest BCUT2D eigenvalue weighted by atomic mass is 35.5. The van der Waals surface area contributed by atoms with Gasteiger partial charge in [-0.25, -0.2) is 9.69 Å². The van der Waals surface area contributed by atoms with E-state index in [1.54, 1.807) is 36.1 Å². The molecule has 1 aromatic carbocycles. The first kappa shape index (κ1) is 17.9. The molecule has 8 nitrogen and oxygen atoms in total. The van der Waals surface area contributed by atoms with Crippen molar-refractivity contribution in [2.75, 3.05) is 11.4 Å². The molecule has 1 N–H and O–H groups in total. The maximum Gasteiger partial charge on any atom is 0.332 e. The predicted octanol–water partition coefficient (Wildman–Crippen LogP) is 2.23. The van der Waals surface area contributed by atoms with E-state index in [2.05, 4.69) is 14.9 Å². The summed E-state index contributed by atoms with van der Waals surface area (Å²) in [4.78, 5) is 41.1. The summed E-state index contributed by atoms with van der Waals surface area (Å²) in [5.41, 5.74) is 1.08. The van der Waals surface area contributed by atoms with Gasteiger partial charge in [-0.1, -0.05) is 16.1 Å². The summed E-state index contributed by atoms with van der Waals surface area (Å²) >= 11 is 6.93. The number of nitrogens with one attached hydrogen (secondary N) is 1. The average Bonchev–Trinajstić information content (AvgIpc) is 3.18. The Morgan fingerprint density at radius 3 is 2.70 bits per heavy atom. The van der Waals surface area contributed by atoms with Crippen molar-refractivity contribution in [1.29, 1.82) is 0 Å². The van der Waals surface area contributed by atoms with Gasteiger partial charge in [0.1, 0.15) is 10.9 Å². The lowest BCUT2D eigenvalue weighted by atomic mass is 9.98. The molecule has 0 bridgehead atoms. The molecule has 2 fully saturated rings. The Balaban J connectivity index is 1.49. The van der Waals surface area contributed by atoms with Gasteiger partial charge in [0.25, 0.3) is 11.8 Å². The molecule has 2 saturated heterocycles. The minimum absolute atomic E-state index is 0.192. The van der Waals surface area contributed by atoms with Gasteiger partial charge in [0.15, 0.2) is 0 Å². The maximum absolute atomic E-state index is 12.8. The third-order valence-electron chi connectivity index (χ3n) is 4.82. The summed E-state index contributed by atoms with van der Waals surface area (Å²) in [6.45, 7) is 2.13. The van der Waals surface area contributed by atoms with E-state index in [9.17, 15) is 14.4 Å². The molecule has 10 heteroatoms. The second-order valence-corrected chi connectivity index (χ2v) is 7.71. The fraction of sp³-hybridized carbons (Fsp3) is 0.353. The second kappa shape index (κ2) is 6.90. The highest BCUT2D eigenvalue weighted by molar-refractivity contribution is 7.08. The minimum Gasteiger partial charge on any atom is -0.348 e. The Labute approximate surface area is 164 Å². The number of amides is 4. The lowest BCUT2D eigenvalue weighted by Crippen LogP contribution is -2.49. The van der Waals surface area contributed by atoms with Gasteiger partial charge in [0, 0.05) is 17.6 Å². The van der Waals surface area contributed by atoms with Gasteiger partial charge in [-0.3, -0.25) is 9.59 Å². The van der Waals surface area contributed by atoms with E-state index >= 15 is 0 Å². The SMILES string of the molecule is Cc1nnsc1C(=O)NC1CCN2C(=O)N(c3ccc(Cl)cc3)C(=O)C2C1. The molecule has 0 radical (unpaired) electrons. The van der Waals surface area contributed by atoms with Crippen LogP contribution in [0.5, 0.6) is 0 Å². The van der Waals surface area contributed by atoms with Crippen LogP contribution >= 0.6 is 23.1 Å². The highest BCUT2D eigenvalue weighted by Crippen LogP contribution is 2.31. The molecule has 2 atom stereocenters. The van der Waals surface area contributed by atoms with Crippen LogP contribution in [-0.4, -0.2) is 51.0 Å². The van der Waals surface area contributed by atoms with E-state index in [1.807, 2.05) is 0 Å². The number of carbonyl (C=O) groups is 3. The van der Waals surface area contributed by atoms with Gasteiger partial charge in [-0.2, -0.15) is 0 Å². The molecule has 1 aromatic heterocycles. The Morgan fingerprint density at radius 2 is 2.04 bits per heavy atom. The molecular weight excluding hydrogens is 390 g/mol. The van der Waals surface area contributed by atoms with Crippen molar-refractivity contribution < 1.29 is 14.4 Å². The summed E-state index contributed by atoms with van der Waals surface area (Å²) < 4.78 is 3.77. The number of imide groups is 1. The molecule has 2 unspecified atom stereocenters. The molecule has 2 aliphatic rings. The number of nitrogens with zero attached hydrogens (tertiary/aromatic N) is 4. The van der Waals surface area contributed by atoms with E-state index in [4.69, 9.17) is 11.6 Å². The van der Waals surface area contributed by atoms with E-state index < -0.39 is 6.04 Å². The normalized spacial score (nSPS) is 22.1. The van der Waals surface area contributed by atoms with Crippen molar-refractivity contribution in [3.8, 4) is 0 Å². The molecule has 4 amide bonds. The average molecular weight is 406 g/mol.